The summed E-state index contributed by atoms with van der Waals surface area (Å²) >= 11 is 6.42. The van der Waals surface area contributed by atoms with Crippen molar-refractivity contribution >= 4 is 52.3 Å². The summed E-state index contributed by atoms with van der Waals surface area (Å²) in [7, 11) is 0. The van der Waals surface area contributed by atoms with Gasteiger partial charge in [0.25, 0.3) is 11.8 Å². The summed E-state index contributed by atoms with van der Waals surface area (Å²) in [6.45, 7) is 2.73. The van der Waals surface area contributed by atoms with Gasteiger partial charge in [-0.2, -0.15) is 5.01 Å². The van der Waals surface area contributed by atoms with Crippen LogP contribution in [0, 0.1) is 35.4 Å². The summed E-state index contributed by atoms with van der Waals surface area (Å²) in [4.78, 5) is 63.0. The lowest BCUT2D eigenvalue weighted by Gasteiger charge is -2.51. The molecule has 0 radical (unpaired) electrons. The number of phenolic OH excluding ortho intramolecular Hbond substituents is 1. The fourth-order valence-electron chi connectivity index (χ4n) is 10.4. The molecule has 0 spiro atoms. The summed E-state index contributed by atoms with van der Waals surface area (Å²) < 4.78 is 25.7. The summed E-state index contributed by atoms with van der Waals surface area (Å²) in [5.74, 6) is -5.43. The molecule has 2 N–H and O–H groups in total. The van der Waals surface area contributed by atoms with Gasteiger partial charge >= 0.3 is 0 Å². The number of nitrogens with one attached hydrogen (secondary N) is 1. The van der Waals surface area contributed by atoms with Crippen LogP contribution in [0.2, 0.25) is 5.02 Å². The first-order valence-corrected chi connectivity index (χ1v) is 19.9. The van der Waals surface area contributed by atoms with Crippen LogP contribution in [0.4, 0.5) is 21.5 Å². The number of nitrogens with zero attached hydrogens (tertiary/aromatic N) is 3. The van der Waals surface area contributed by atoms with Crippen LogP contribution >= 0.6 is 11.6 Å². The van der Waals surface area contributed by atoms with Crippen LogP contribution in [-0.2, 0) is 35.8 Å². The molecule has 4 amide bonds. The molecule has 6 atom stereocenters. The van der Waals surface area contributed by atoms with Crippen molar-refractivity contribution in [3.63, 3.8) is 0 Å². The molecule has 4 aliphatic heterocycles. The lowest BCUT2D eigenvalue weighted by atomic mass is 9.48. The van der Waals surface area contributed by atoms with E-state index in [2.05, 4.69) is 10.3 Å². The van der Waals surface area contributed by atoms with Gasteiger partial charge in [-0.3, -0.25) is 29.5 Å². The first kappa shape index (κ1) is 36.4. The van der Waals surface area contributed by atoms with Crippen LogP contribution in [0.15, 0.2) is 114 Å². The number of amides is 4. The number of carbonyl (C=O) groups is 4. The summed E-state index contributed by atoms with van der Waals surface area (Å²) in [5, 5.41) is 11.9. The van der Waals surface area contributed by atoms with Crippen molar-refractivity contribution in [3.05, 3.63) is 136 Å². The minimum absolute atomic E-state index is 0.0464. The number of rotatable bonds is 6. The second-order valence-corrected chi connectivity index (χ2v) is 16.2. The highest BCUT2D eigenvalue weighted by Gasteiger charge is 2.70. The third-order valence-corrected chi connectivity index (χ3v) is 13.1. The lowest BCUT2D eigenvalue weighted by Crippen LogP contribution is -2.55. The highest BCUT2D eigenvalue weighted by atomic mass is 35.5. The average Bonchev–Trinajstić information content (AvgIpc) is 3.62. The second-order valence-electron chi connectivity index (χ2n) is 15.8. The number of phenols is 1. The van der Waals surface area contributed by atoms with Crippen molar-refractivity contribution in [1.29, 1.82) is 0 Å². The maximum absolute atomic E-state index is 15.4. The van der Waals surface area contributed by atoms with Crippen LogP contribution in [0.1, 0.15) is 24.0 Å². The normalized spacial score (nSPS) is 27.6. The molecule has 0 unspecified atom stereocenters. The van der Waals surface area contributed by atoms with Gasteiger partial charge in [-0.1, -0.05) is 35.4 Å². The van der Waals surface area contributed by atoms with E-state index in [1.54, 1.807) is 54.8 Å². The first-order chi connectivity index (χ1) is 28.1. The Kier molecular flexibility index (Phi) is 8.68. The maximum atomic E-state index is 15.4. The standard InChI is InChI=1S/C45H38ClFN4O7/c46-28-3-1-27(2-4-28)45-37(42(54)51(44(45)56)48-30-7-5-29(47)6-8-30)23-36-34(40(45)26-21-25-22-33(52)13-16-38(25)58-24-26)14-15-35-39(36)43(55)50(41(35)53)32-11-9-31(10-12-32)49-17-19-57-20-18-49/h1-14,16,22,24,35-37,39-40,48,52H,15,17-21,23H2/t35-,36+,37-,39-,40-,45+/m0/s1. The van der Waals surface area contributed by atoms with Gasteiger partial charge in [0.05, 0.1) is 54.0 Å². The Morgan fingerprint density at radius 3 is 2.29 bits per heavy atom. The summed E-state index contributed by atoms with van der Waals surface area (Å²) in [6, 6.07) is 24.5. The number of benzene rings is 4. The van der Waals surface area contributed by atoms with Crippen molar-refractivity contribution < 1.29 is 38.1 Å². The zero-order valence-electron chi connectivity index (χ0n) is 31.1. The topological polar surface area (TPSA) is 129 Å². The largest absolute Gasteiger partial charge is 0.508 e. The van der Waals surface area contributed by atoms with Gasteiger partial charge in [-0.25, -0.2) is 4.39 Å². The lowest BCUT2D eigenvalue weighted by molar-refractivity contribution is -0.139. The summed E-state index contributed by atoms with van der Waals surface area (Å²) in [5.41, 5.74) is 5.90. The van der Waals surface area contributed by atoms with E-state index in [1.165, 1.54) is 35.2 Å². The minimum Gasteiger partial charge on any atom is -0.508 e. The van der Waals surface area contributed by atoms with Crippen LogP contribution in [0.25, 0.3) is 0 Å². The zero-order valence-corrected chi connectivity index (χ0v) is 31.9. The third kappa shape index (κ3) is 5.56. The number of anilines is 3. The second kappa shape index (κ2) is 13.8. The van der Waals surface area contributed by atoms with Crippen LogP contribution in [0.5, 0.6) is 11.5 Å². The average molecular weight is 801 g/mol. The Bertz CT molecular complexity index is 2430. The van der Waals surface area contributed by atoms with Crippen molar-refractivity contribution in [3.8, 4) is 11.5 Å². The summed E-state index contributed by atoms with van der Waals surface area (Å²) in [6.07, 6.45) is 4.24. The monoisotopic (exact) mass is 800 g/mol. The number of allylic oxidation sites excluding steroid dienone is 3. The smallest absolute Gasteiger partial charge is 0.260 e. The number of fused-ring (bicyclic) bond motifs is 5. The maximum Gasteiger partial charge on any atom is 0.260 e. The molecule has 3 saturated heterocycles. The van der Waals surface area contributed by atoms with Gasteiger partial charge in [0.15, 0.2) is 0 Å². The number of ether oxygens (including phenoxy) is 2. The van der Waals surface area contributed by atoms with Crippen LogP contribution in [0.3, 0.4) is 0 Å². The van der Waals surface area contributed by atoms with E-state index in [4.69, 9.17) is 21.1 Å². The van der Waals surface area contributed by atoms with Gasteiger partial charge < -0.3 is 19.5 Å². The fraction of sp³-hybridized carbons (Fsp3) is 0.289. The van der Waals surface area contributed by atoms with Crippen LogP contribution in [-0.4, -0.2) is 60.0 Å². The Balaban J connectivity index is 1.09. The molecule has 294 valence electrons. The number of hydrazine groups is 1. The molecule has 0 bridgehead atoms. The van der Waals surface area contributed by atoms with Gasteiger partial charge in [0, 0.05) is 41.7 Å². The number of imide groups is 2. The van der Waals surface area contributed by atoms with Crippen LogP contribution < -0.4 is 20.0 Å². The molecule has 58 heavy (non-hydrogen) atoms. The van der Waals surface area contributed by atoms with E-state index >= 15 is 4.79 Å². The Morgan fingerprint density at radius 2 is 1.55 bits per heavy atom. The highest BCUT2D eigenvalue weighted by molar-refractivity contribution is 6.30. The van der Waals surface area contributed by atoms with E-state index in [0.29, 0.717) is 52.1 Å². The van der Waals surface area contributed by atoms with E-state index in [-0.39, 0.29) is 36.8 Å². The van der Waals surface area contributed by atoms with Crippen molar-refractivity contribution in [1.82, 2.24) is 5.01 Å². The van der Waals surface area contributed by atoms with Crippen molar-refractivity contribution in [2.45, 2.75) is 24.7 Å². The molecular weight excluding hydrogens is 763 g/mol. The number of hydrogen-bond acceptors (Lipinski definition) is 9. The van der Waals surface area contributed by atoms with Gasteiger partial charge in [0.1, 0.15) is 17.3 Å². The quantitative estimate of drug-likeness (QED) is 0.165. The molecule has 11 nitrogen and oxygen atoms in total. The number of halogens is 2. The first-order valence-electron chi connectivity index (χ1n) is 19.5. The molecule has 6 aliphatic rings. The number of aromatic hydroxyl groups is 1. The van der Waals surface area contributed by atoms with E-state index < -0.39 is 52.6 Å². The molecule has 0 aromatic heterocycles. The van der Waals surface area contributed by atoms with Gasteiger partial charge in [-0.15, -0.1) is 0 Å². The van der Waals surface area contributed by atoms with Crippen molar-refractivity contribution in [2.24, 2.45) is 29.6 Å². The molecule has 4 aromatic rings. The number of morpholine rings is 1. The molecule has 10 rings (SSSR count). The van der Waals surface area contributed by atoms with Gasteiger partial charge in [0.2, 0.25) is 11.8 Å². The number of hydrogen-bond donors (Lipinski definition) is 2. The molecule has 4 heterocycles. The Morgan fingerprint density at radius 1 is 0.828 bits per heavy atom. The van der Waals surface area contributed by atoms with E-state index in [0.717, 1.165) is 29.4 Å². The van der Waals surface area contributed by atoms with E-state index in [9.17, 15) is 23.9 Å². The SMILES string of the molecule is O=C1[C@@H]2C[C@@H]3C(=CC[C@@H]4C(=O)N(c5ccc(N6CCOCC6)cc5)C(=O)[C@@H]43)[C@H](C3=COc4ccc(O)cc4C3)[C@]2(c2ccc(Cl)cc2)C(=O)N1Nc1ccc(F)cc1. The molecule has 4 fully saturated rings. The molecule has 1 saturated carbocycles. The van der Waals surface area contributed by atoms with E-state index in [1.807, 2.05) is 18.2 Å². The third-order valence-electron chi connectivity index (χ3n) is 12.9. The van der Waals surface area contributed by atoms with Crippen molar-refractivity contribution in [2.75, 3.05) is 41.5 Å². The predicted molar refractivity (Wildman–Crippen MR) is 212 cm³/mol. The minimum atomic E-state index is -1.55. The highest BCUT2D eigenvalue weighted by Crippen LogP contribution is 2.63. The number of carbonyl (C=O) groups excluding carboxylic acids is 4. The Hall–Kier alpha value is -5.98. The fourth-order valence-corrected chi connectivity index (χ4v) is 10.5. The molecule has 4 aromatic carbocycles. The molecule has 13 heteroatoms. The molecular formula is C45H38ClFN4O7. The Labute approximate surface area is 338 Å². The molecule has 2 aliphatic carbocycles. The van der Waals surface area contributed by atoms with Gasteiger partial charge in [-0.05, 0) is 109 Å². The predicted octanol–water partition coefficient (Wildman–Crippen LogP) is 6.56. The zero-order chi connectivity index (χ0) is 39.9.